The zero-order valence-electron chi connectivity index (χ0n) is 19.8. The van der Waals surface area contributed by atoms with Crippen molar-refractivity contribution in [3.05, 3.63) is 44.9 Å². The maximum atomic E-state index is 13.0. The Morgan fingerprint density at radius 2 is 1.91 bits per heavy atom. The number of nitrogens with zero attached hydrogens (tertiary/aromatic N) is 8. The highest BCUT2D eigenvalue weighted by Crippen LogP contribution is 2.27. The molecule has 1 N–H and O–H groups in total. The van der Waals surface area contributed by atoms with Gasteiger partial charge in [-0.15, -0.1) is 11.3 Å². The number of hydrogen-bond acceptors (Lipinski definition) is 9. The lowest BCUT2D eigenvalue weighted by atomic mass is 10.2. The molecule has 0 aromatic carbocycles. The summed E-state index contributed by atoms with van der Waals surface area (Å²) in [5, 5.41) is 5.04. The average molecular weight is 496 g/mol. The van der Waals surface area contributed by atoms with E-state index in [9.17, 15) is 14.4 Å². The minimum atomic E-state index is -0.761. The zero-order chi connectivity index (χ0) is 24.9. The Balaban J connectivity index is 1.34. The highest BCUT2D eigenvalue weighted by Gasteiger charge is 2.24. The Morgan fingerprint density at radius 1 is 1.17 bits per heavy atom. The molecule has 5 rings (SSSR count). The lowest BCUT2D eigenvalue weighted by molar-refractivity contribution is -0.118. The van der Waals surface area contributed by atoms with E-state index in [-0.39, 0.29) is 17.1 Å². The predicted molar refractivity (Wildman–Crippen MR) is 133 cm³/mol. The van der Waals surface area contributed by atoms with Crippen molar-refractivity contribution in [3.63, 3.8) is 0 Å². The zero-order valence-corrected chi connectivity index (χ0v) is 20.6. The summed E-state index contributed by atoms with van der Waals surface area (Å²) in [5.74, 6) is 0.350. The Kier molecular flexibility index (Phi) is 5.71. The highest BCUT2D eigenvalue weighted by molar-refractivity contribution is 7.14. The van der Waals surface area contributed by atoms with Gasteiger partial charge in [-0.1, -0.05) is 0 Å². The van der Waals surface area contributed by atoms with E-state index in [0.717, 1.165) is 29.5 Å². The van der Waals surface area contributed by atoms with Crippen molar-refractivity contribution in [1.29, 1.82) is 0 Å². The molecule has 0 saturated carbocycles. The van der Waals surface area contributed by atoms with Crippen molar-refractivity contribution < 1.29 is 4.79 Å². The Hall–Kier alpha value is -3.87. The van der Waals surface area contributed by atoms with Gasteiger partial charge in [-0.05, 0) is 26.7 Å². The van der Waals surface area contributed by atoms with Crippen LogP contribution < -0.4 is 21.5 Å². The van der Waals surface area contributed by atoms with Gasteiger partial charge >= 0.3 is 5.69 Å². The smallest absolute Gasteiger partial charge is 0.332 e. The molecule has 1 aliphatic heterocycles. The molecular formula is C22H25N9O3S. The molecule has 2 unspecified atom stereocenters. The number of carbonyl (C=O) groups is 1. The van der Waals surface area contributed by atoms with Gasteiger partial charge in [-0.3, -0.25) is 18.7 Å². The molecule has 0 spiro atoms. The van der Waals surface area contributed by atoms with Crippen molar-refractivity contribution in [1.82, 2.24) is 33.6 Å². The first-order chi connectivity index (χ1) is 16.8. The molecule has 0 radical (unpaired) electrons. The van der Waals surface area contributed by atoms with Gasteiger partial charge in [0.25, 0.3) is 5.56 Å². The first-order valence-corrected chi connectivity index (χ1v) is 12.1. The maximum absolute atomic E-state index is 13.0. The summed E-state index contributed by atoms with van der Waals surface area (Å²) in [5.41, 5.74) is 0.838. The van der Waals surface area contributed by atoms with Crippen LogP contribution in [0.3, 0.4) is 0 Å². The van der Waals surface area contributed by atoms with Crippen molar-refractivity contribution in [2.24, 2.45) is 14.1 Å². The highest BCUT2D eigenvalue weighted by atomic mass is 32.1. The number of carbonyl (C=O) groups excluding carboxylic acids is 1. The van der Waals surface area contributed by atoms with Crippen LogP contribution in [-0.2, 0) is 18.9 Å². The van der Waals surface area contributed by atoms with Crippen molar-refractivity contribution in [2.75, 3.05) is 16.8 Å². The van der Waals surface area contributed by atoms with Crippen LogP contribution in [0.15, 0.2) is 33.7 Å². The van der Waals surface area contributed by atoms with Gasteiger partial charge in [-0.25, -0.2) is 24.7 Å². The molecule has 4 aromatic heterocycles. The molecule has 1 fully saturated rings. The monoisotopic (exact) mass is 495 g/mol. The molecule has 0 bridgehead atoms. The molecule has 1 saturated heterocycles. The minimum Gasteiger partial charge on any atom is -0.338 e. The summed E-state index contributed by atoms with van der Waals surface area (Å²) in [4.78, 5) is 57.7. The van der Waals surface area contributed by atoms with Gasteiger partial charge in [0.15, 0.2) is 16.3 Å². The van der Waals surface area contributed by atoms with E-state index in [1.807, 2.05) is 5.38 Å². The Labute approximate surface area is 203 Å². The summed E-state index contributed by atoms with van der Waals surface area (Å²) in [6.45, 7) is 4.79. The van der Waals surface area contributed by atoms with Crippen molar-refractivity contribution in [3.8, 4) is 11.3 Å². The first-order valence-electron chi connectivity index (χ1n) is 11.2. The van der Waals surface area contributed by atoms with E-state index in [1.54, 1.807) is 19.3 Å². The second-order valence-electron chi connectivity index (χ2n) is 8.69. The predicted octanol–water partition coefficient (Wildman–Crippen LogP) is 1.54. The number of anilines is 2. The largest absolute Gasteiger partial charge is 0.338 e. The summed E-state index contributed by atoms with van der Waals surface area (Å²) in [6, 6.07) is -0.329. The van der Waals surface area contributed by atoms with E-state index in [2.05, 4.69) is 37.1 Å². The van der Waals surface area contributed by atoms with Gasteiger partial charge in [0.05, 0.1) is 12.0 Å². The third-order valence-electron chi connectivity index (χ3n) is 6.45. The second kappa shape index (κ2) is 8.73. The van der Waals surface area contributed by atoms with E-state index >= 15 is 0 Å². The van der Waals surface area contributed by atoms with Gasteiger partial charge in [0.2, 0.25) is 11.9 Å². The number of aryl methyl sites for hydroxylation is 1. The number of thiazole rings is 1. The number of rotatable bonds is 5. The van der Waals surface area contributed by atoms with Crippen molar-refractivity contribution >= 4 is 39.5 Å². The van der Waals surface area contributed by atoms with Gasteiger partial charge in [0.1, 0.15) is 6.04 Å². The number of hydrogen-bond donors (Lipinski definition) is 1. The van der Waals surface area contributed by atoms with E-state index < -0.39 is 17.3 Å². The number of amides is 1. The molecule has 182 valence electrons. The SMILES string of the molecule is CC1CCCN1c1ncc(-c2csc(NC(=O)C(C)n3cnc4c3c(=O)n(C)c(=O)n4C)n2)cn1. The molecule has 12 nitrogen and oxygen atoms in total. The third-order valence-corrected chi connectivity index (χ3v) is 7.21. The Morgan fingerprint density at radius 3 is 2.60 bits per heavy atom. The summed E-state index contributed by atoms with van der Waals surface area (Å²) in [7, 11) is 2.93. The summed E-state index contributed by atoms with van der Waals surface area (Å²) in [6.07, 6.45) is 7.16. The Bertz CT molecular complexity index is 1530. The van der Waals surface area contributed by atoms with Gasteiger partial charge < -0.3 is 14.8 Å². The lowest BCUT2D eigenvalue weighted by Gasteiger charge is -2.20. The van der Waals surface area contributed by atoms with E-state index in [1.165, 1.54) is 40.9 Å². The molecule has 13 heteroatoms. The third kappa shape index (κ3) is 3.91. The molecule has 1 aliphatic rings. The summed E-state index contributed by atoms with van der Waals surface area (Å²) < 4.78 is 3.74. The molecular weight excluding hydrogens is 470 g/mol. The van der Waals surface area contributed by atoms with Gasteiger partial charge in [0, 0.05) is 50.0 Å². The maximum Gasteiger partial charge on any atom is 0.332 e. The molecule has 35 heavy (non-hydrogen) atoms. The average Bonchev–Trinajstić information content (AvgIpc) is 3.61. The fraction of sp³-hybridized carbons (Fsp3) is 0.409. The summed E-state index contributed by atoms with van der Waals surface area (Å²) >= 11 is 1.29. The molecule has 4 aromatic rings. The molecule has 0 aliphatic carbocycles. The second-order valence-corrected chi connectivity index (χ2v) is 9.55. The van der Waals surface area contributed by atoms with E-state index in [4.69, 9.17) is 0 Å². The topological polar surface area (TPSA) is 133 Å². The number of nitrogens with one attached hydrogen (secondary N) is 1. The molecule has 5 heterocycles. The van der Waals surface area contributed by atoms with Crippen molar-refractivity contribution in [2.45, 2.75) is 38.8 Å². The van der Waals surface area contributed by atoms with Crippen LogP contribution in [0.25, 0.3) is 22.4 Å². The van der Waals surface area contributed by atoms with Crippen LogP contribution in [0.4, 0.5) is 11.1 Å². The minimum absolute atomic E-state index is 0.182. The standard InChI is InChI=1S/C22H25N9O3S/c1-12-6-5-7-30(12)20-23-8-14(9-24-20)15-10-35-21(26-15)27-18(32)13(2)31-11-25-17-16(31)19(33)29(4)22(34)28(17)3/h8-13H,5-7H2,1-4H3,(H,26,27,32). The van der Waals surface area contributed by atoms with Crippen LogP contribution in [-0.4, -0.2) is 52.1 Å². The van der Waals surface area contributed by atoms with Crippen LogP contribution in [0.5, 0.6) is 0 Å². The lowest BCUT2D eigenvalue weighted by Crippen LogP contribution is -2.38. The number of fused-ring (bicyclic) bond motifs is 1. The number of imidazole rings is 1. The first kappa shape index (κ1) is 22.9. The van der Waals surface area contributed by atoms with Gasteiger partial charge in [-0.2, -0.15) is 0 Å². The fourth-order valence-electron chi connectivity index (χ4n) is 4.29. The fourth-order valence-corrected chi connectivity index (χ4v) is 5.01. The molecule has 1 amide bonds. The molecule has 2 atom stereocenters. The quantitative estimate of drug-likeness (QED) is 0.441. The number of aromatic nitrogens is 7. The van der Waals surface area contributed by atoms with Crippen LogP contribution in [0, 0.1) is 0 Å². The van der Waals surface area contributed by atoms with Crippen LogP contribution in [0.2, 0.25) is 0 Å². The van der Waals surface area contributed by atoms with Crippen LogP contribution in [0.1, 0.15) is 32.7 Å². The normalized spacial score (nSPS) is 16.7. The van der Waals surface area contributed by atoms with Crippen LogP contribution >= 0.6 is 11.3 Å². The van der Waals surface area contributed by atoms with E-state index in [0.29, 0.717) is 22.8 Å².